The van der Waals surface area contributed by atoms with Crippen LogP contribution in [0.4, 0.5) is 5.95 Å². The summed E-state index contributed by atoms with van der Waals surface area (Å²) in [4.78, 5) is 12.9. The number of hydrogen-bond donors (Lipinski definition) is 1. The molecule has 0 saturated carbocycles. The van der Waals surface area contributed by atoms with Crippen LogP contribution in [-0.2, 0) is 21.2 Å². The quantitative estimate of drug-likeness (QED) is 0.274. The van der Waals surface area contributed by atoms with E-state index in [2.05, 4.69) is 29.9 Å². The number of nitrogens with one attached hydrogen (secondary N) is 1. The van der Waals surface area contributed by atoms with Crippen LogP contribution < -0.4 is 18.9 Å². The Kier molecular flexibility index (Phi) is 8.56. The van der Waals surface area contributed by atoms with E-state index in [9.17, 15) is 8.42 Å². The summed E-state index contributed by atoms with van der Waals surface area (Å²) in [7, 11) is 1.80. The number of nitrogens with zero attached hydrogens (tertiary/aromatic N) is 6. The average molecular weight is 556 g/mol. The number of sulfonamides is 1. The number of ether oxygens (including phenoxy) is 4. The minimum Gasteiger partial charge on any atom is -0.494 e. The van der Waals surface area contributed by atoms with Crippen molar-refractivity contribution in [1.29, 1.82) is 0 Å². The first kappa shape index (κ1) is 27.7. The zero-order valence-electron chi connectivity index (χ0n) is 22.2. The molecule has 0 aliphatic rings. The molecule has 0 fully saturated rings. The topological polar surface area (TPSA) is 152 Å². The highest BCUT2D eigenvalue weighted by molar-refractivity contribution is 7.93. The van der Waals surface area contributed by atoms with Crippen molar-refractivity contribution >= 4 is 16.0 Å². The highest BCUT2D eigenvalue weighted by atomic mass is 32.2. The van der Waals surface area contributed by atoms with Crippen LogP contribution in [0.1, 0.15) is 11.4 Å². The van der Waals surface area contributed by atoms with Crippen LogP contribution in [0.15, 0.2) is 48.8 Å². The second-order valence-electron chi connectivity index (χ2n) is 8.36. The molecule has 0 amide bonds. The molecule has 1 aromatic carbocycles. The van der Waals surface area contributed by atoms with Gasteiger partial charge in [0, 0.05) is 32.0 Å². The predicted molar refractivity (Wildman–Crippen MR) is 143 cm³/mol. The molecule has 0 spiro atoms. The number of hydrogen-bond acceptors (Lipinski definition) is 11. The molecule has 1 N–H and O–H groups in total. The van der Waals surface area contributed by atoms with Gasteiger partial charge in [-0.25, -0.2) is 23.4 Å². The Hall–Kier alpha value is -4.30. The Labute approximate surface area is 226 Å². The number of aromatic nitrogens is 6. The van der Waals surface area contributed by atoms with Crippen molar-refractivity contribution in [2.45, 2.75) is 18.6 Å². The Morgan fingerprint density at radius 1 is 0.923 bits per heavy atom. The number of pyridine rings is 1. The van der Waals surface area contributed by atoms with Crippen LogP contribution in [0.5, 0.6) is 17.4 Å². The number of anilines is 1. The fourth-order valence-electron chi connectivity index (χ4n) is 3.82. The van der Waals surface area contributed by atoms with Crippen molar-refractivity contribution in [3.63, 3.8) is 0 Å². The average Bonchev–Trinajstić information content (AvgIpc) is 3.35. The lowest BCUT2D eigenvalue weighted by atomic mass is 10.2. The van der Waals surface area contributed by atoms with E-state index in [4.69, 9.17) is 18.9 Å². The van der Waals surface area contributed by atoms with Gasteiger partial charge in [0.25, 0.3) is 0 Å². The van der Waals surface area contributed by atoms with E-state index in [1.807, 2.05) is 6.92 Å². The van der Waals surface area contributed by atoms with Gasteiger partial charge in [0.1, 0.15) is 34.0 Å². The molecule has 0 bridgehead atoms. The molecule has 0 saturated heterocycles. The fraction of sp³-hybridized carbons (Fsp3) is 0.320. The fourth-order valence-corrected chi connectivity index (χ4v) is 5.05. The molecule has 0 aliphatic heterocycles. The number of aryl methyl sites for hydroxylation is 1. The van der Waals surface area contributed by atoms with Gasteiger partial charge < -0.3 is 18.9 Å². The minimum atomic E-state index is -4.10. The summed E-state index contributed by atoms with van der Waals surface area (Å²) < 4.78 is 53.1. The molecule has 4 rings (SSSR count). The van der Waals surface area contributed by atoms with Gasteiger partial charge in [-0.3, -0.25) is 9.29 Å². The lowest BCUT2D eigenvalue weighted by molar-refractivity contribution is 0.196. The molecule has 13 nitrogen and oxygen atoms in total. The van der Waals surface area contributed by atoms with E-state index in [0.717, 1.165) is 5.56 Å². The van der Waals surface area contributed by atoms with Gasteiger partial charge in [0.2, 0.25) is 21.9 Å². The first-order chi connectivity index (χ1) is 18.8. The molecule has 206 valence electrons. The Bertz CT molecular complexity index is 1500. The van der Waals surface area contributed by atoms with E-state index in [1.54, 1.807) is 48.8 Å². The second-order valence-corrected chi connectivity index (χ2v) is 10.3. The summed E-state index contributed by atoms with van der Waals surface area (Å²) >= 11 is 0. The highest BCUT2D eigenvalue weighted by Gasteiger charge is 2.31. The molecular weight excluding hydrogens is 526 g/mol. The van der Waals surface area contributed by atoms with Gasteiger partial charge in [-0.2, -0.15) is 0 Å². The van der Waals surface area contributed by atoms with Crippen molar-refractivity contribution in [3.8, 4) is 34.6 Å². The molecule has 0 unspecified atom stereocenters. The second kappa shape index (κ2) is 12.0. The van der Waals surface area contributed by atoms with Gasteiger partial charge >= 0.3 is 0 Å². The largest absolute Gasteiger partial charge is 0.494 e. The molecule has 4 aromatic rings. The summed E-state index contributed by atoms with van der Waals surface area (Å²) in [5.74, 6) is 1.60. The van der Waals surface area contributed by atoms with Crippen molar-refractivity contribution in [2.24, 2.45) is 0 Å². The lowest BCUT2D eigenvalue weighted by Crippen LogP contribution is -2.35. The molecule has 3 heterocycles. The van der Waals surface area contributed by atoms with Crippen LogP contribution in [0.25, 0.3) is 17.2 Å². The zero-order valence-corrected chi connectivity index (χ0v) is 23.0. The van der Waals surface area contributed by atoms with E-state index in [-0.39, 0.29) is 24.8 Å². The standard InChI is InChI=1S/C25H29N7O6S/c1-16-13-26-21(27-14-16)12-17(15-35-2)39(33,34)31-25-30-29-24(18-8-6-11-22(28-18)38-5)32(25)23-19(36-3)9-7-10-20(23)37-4/h6-11,13-14,17H,12,15H2,1-5H3,(H,30,31)/t17-/m0/s1. The molecule has 3 aromatic heterocycles. The first-order valence-electron chi connectivity index (χ1n) is 11.8. The van der Waals surface area contributed by atoms with Crippen LogP contribution in [0.3, 0.4) is 0 Å². The van der Waals surface area contributed by atoms with E-state index < -0.39 is 15.3 Å². The summed E-state index contributed by atoms with van der Waals surface area (Å²) in [6.07, 6.45) is 3.27. The maximum Gasteiger partial charge on any atom is 0.243 e. The zero-order chi connectivity index (χ0) is 28.0. The van der Waals surface area contributed by atoms with E-state index in [1.165, 1.54) is 33.0 Å². The monoisotopic (exact) mass is 555 g/mol. The Morgan fingerprint density at radius 2 is 1.59 bits per heavy atom. The first-order valence-corrected chi connectivity index (χ1v) is 13.3. The van der Waals surface area contributed by atoms with Gasteiger partial charge in [0.05, 0.1) is 27.9 Å². The third-order valence-electron chi connectivity index (χ3n) is 5.72. The van der Waals surface area contributed by atoms with E-state index in [0.29, 0.717) is 34.6 Å². The van der Waals surface area contributed by atoms with Crippen LogP contribution in [-0.4, -0.2) is 78.4 Å². The molecule has 0 aliphatic carbocycles. The van der Waals surface area contributed by atoms with Crippen molar-refractivity contribution < 1.29 is 27.4 Å². The number of methoxy groups -OCH3 is 4. The smallest absolute Gasteiger partial charge is 0.243 e. The third kappa shape index (κ3) is 6.07. The summed E-state index contributed by atoms with van der Waals surface area (Å²) in [5, 5.41) is 7.42. The van der Waals surface area contributed by atoms with Crippen LogP contribution in [0.2, 0.25) is 0 Å². The SMILES string of the molecule is COC[C@H](Cc1ncc(C)cn1)S(=O)(=O)Nc1nnc(-c2cccc(OC)n2)n1-c1c(OC)cccc1OC. The summed E-state index contributed by atoms with van der Waals surface area (Å²) in [5.41, 5.74) is 1.61. The van der Waals surface area contributed by atoms with E-state index >= 15 is 0 Å². The van der Waals surface area contributed by atoms with Crippen molar-refractivity contribution in [1.82, 2.24) is 29.7 Å². The normalized spacial score (nSPS) is 12.1. The highest BCUT2D eigenvalue weighted by Crippen LogP contribution is 2.37. The summed E-state index contributed by atoms with van der Waals surface area (Å²) in [6, 6.07) is 10.3. The molecule has 39 heavy (non-hydrogen) atoms. The maximum atomic E-state index is 13.7. The molecule has 1 atom stereocenters. The minimum absolute atomic E-state index is 0.0138. The summed E-state index contributed by atoms with van der Waals surface area (Å²) in [6.45, 7) is 1.74. The van der Waals surface area contributed by atoms with Gasteiger partial charge in [-0.15, -0.1) is 10.2 Å². The van der Waals surface area contributed by atoms with Gasteiger partial charge in [-0.05, 0) is 30.7 Å². The predicted octanol–water partition coefficient (Wildman–Crippen LogP) is 2.45. The Balaban J connectivity index is 1.84. The molecule has 14 heteroatoms. The van der Waals surface area contributed by atoms with Crippen molar-refractivity contribution in [3.05, 3.63) is 60.2 Å². The number of rotatable bonds is 12. The van der Waals surface area contributed by atoms with Crippen molar-refractivity contribution in [2.75, 3.05) is 39.8 Å². The molecular formula is C25H29N7O6S. The maximum absolute atomic E-state index is 13.7. The lowest BCUT2D eigenvalue weighted by Gasteiger charge is -2.20. The number of para-hydroxylation sites is 1. The number of benzene rings is 1. The van der Waals surface area contributed by atoms with Gasteiger partial charge in [0.15, 0.2) is 5.82 Å². The van der Waals surface area contributed by atoms with Gasteiger partial charge in [-0.1, -0.05) is 12.1 Å². The van der Waals surface area contributed by atoms with Crippen LogP contribution in [0, 0.1) is 6.92 Å². The third-order valence-corrected chi connectivity index (χ3v) is 7.37. The Morgan fingerprint density at radius 3 is 2.21 bits per heavy atom. The molecule has 0 radical (unpaired) electrons. The van der Waals surface area contributed by atoms with Crippen LogP contribution >= 0.6 is 0 Å².